The minimum absolute atomic E-state index is 0.280. The number of halogens is 2. The van der Waals surface area contributed by atoms with Crippen molar-refractivity contribution in [2.24, 2.45) is 5.16 Å². The maximum atomic E-state index is 13.3. The summed E-state index contributed by atoms with van der Waals surface area (Å²) in [6, 6.07) is 12.8. The van der Waals surface area contributed by atoms with Crippen LogP contribution in [0, 0.1) is 5.82 Å². The van der Waals surface area contributed by atoms with Gasteiger partial charge in [0.2, 0.25) is 0 Å². The topological polar surface area (TPSA) is 50.7 Å². The van der Waals surface area contributed by atoms with E-state index in [1.807, 2.05) is 0 Å². The lowest BCUT2D eigenvalue weighted by molar-refractivity contribution is -0.120. The van der Waals surface area contributed by atoms with E-state index in [1.54, 1.807) is 42.5 Å². The number of carbonyl (C=O) groups is 1. The first kappa shape index (κ1) is 15.0. The van der Waals surface area contributed by atoms with Gasteiger partial charge in [0.05, 0.1) is 6.21 Å². The van der Waals surface area contributed by atoms with Crippen LogP contribution >= 0.6 is 11.6 Å². The number of nitrogens with zero attached hydrogens (tertiary/aromatic N) is 1. The molecule has 1 N–H and O–H groups in total. The number of rotatable bonds is 5. The van der Waals surface area contributed by atoms with Gasteiger partial charge in [0.1, 0.15) is 5.82 Å². The Morgan fingerprint density at radius 3 is 2.86 bits per heavy atom. The van der Waals surface area contributed by atoms with Gasteiger partial charge in [-0.25, -0.2) is 4.39 Å². The molecule has 1 amide bonds. The van der Waals surface area contributed by atoms with Crippen molar-refractivity contribution in [3.63, 3.8) is 0 Å². The number of benzene rings is 2. The predicted molar refractivity (Wildman–Crippen MR) is 80.0 cm³/mol. The highest BCUT2D eigenvalue weighted by atomic mass is 35.5. The first-order valence-corrected chi connectivity index (χ1v) is 6.48. The largest absolute Gasteiger partial charge is 0.386 e. The second kappa shape index (κ2) is 7.40. The summed E-state index contributed by atoms with van der Waals surface area (Å²) in [6.07, 6.45) is 1.21. The van der Waals surface area contributed by atoms with Crippen LogP contribution in [0.1, 0.15) is 5.56 Å². The molecule has 0 aromatic heterocycles. The summed E-state index contributed by atoms with van der Waals surface area (Å²) < 4.78 is 13.3. The molecule has 2 rings (SSSR count). The number of carbonyl (C=O) groups excluding carboxylic acids is 1. The average Bonchev–Trinajstić information content (AvgIpc) is 2.45. The molecule has 0 aliphatic carbocycles. The van der Waals surface area contributed by atoms with E-state index in [1.165, 1.54) is 12.3 Å². The minimum Gasteiger partial charge on any atom is -0.386 e. The molecule has 0 saturated carbocycles. The van der Waals surface area contributed by atoms with Crippen LogP contribution in [-0.2, 0) is 9.63 Å². The van der Waals surface area contributed by atoms with Crippen molar-refractivity contribution in [1.82, 2.24) is 0 Å². The Bertz CT molecular complexity index is 662. The van der Waals surface area contributed by atoms with Crippen LogP contribution in [-0.4, -0.2) is 18.7 Å². The van der Waals surface area contributed by atoms with Crippen LogP contribution in [0.5, 0.6) is 0 Å². The Balaban J connectivity index is 1.81. The lowest BCUT2D eigenvalue weighted by Crippen LogP contribution is -2.16. The summed E-state index contributed by atoms with van der Waals surface area (Å²) in [4.78, 5) is 16.4. The Morgan fingerprint density at radius 2 is 2.10 bits per heavy atom. The lowest BCUT2D eigenvalue weighted by atomic mass is 10.2. The molecule has 0 spiro atoms. The first-order valence-electron chi connectivity index (χ1n) is 6.10. The van der Waals surface area contributed by atoms with E-state index in [0.717, 1.165) is 0 Å². The quantitative estimate of drug-likeness (QED) is 0.679. The molecule has 0 bridgehead atoms. The number of hydrogen-bond acceptors (Lipinski definition) is 3. The molecule has 0 saturated heterocycles. The Morgan fingerprint density at radius 1 is 1.29 bits per heavy atom. The van der Waals surface area contributed by atoms with Crippen molar-refractivity contribution in [2.75, 3.05) is 11.9 Å². The fourth-order valence-corrected chi connectivity index (χ4v) is 1.72. The van der Waals surface area contributed by atoms with E-state index < -0.39 is 5.82 Å². The highest BCUT2D eigenvalue weighted by Gasteiger charge is 2.03. The Hall–Kier alpha value is -2.40. The smallest absolute Gasteiger partial charge is 0.265 e. The van der Waals surface area contributed by atoms with Crippen molar-refractivity contribution in [3.8, 4) is 0 Å². The highest BCUT2D eigenvalue weighted by molar-refractivity contribution is 6.30. The van der Waals surface area contributed by atoms with Gasteiger partial charge in [-0.2, -0.15) is 0 Å². The molecule has 0 fully saturated rings. The molecule has 2 aromatic rings. The molecule has 0 radical (unpaired) electrons. The monoisotopic (exact) mass is 306 g/mol. The van der Waals surface area contributed by atoms with Gasteiger partial charge in [0, 0.05) is 16.3 Å². The molecule has 0 heterocycles. The maximum Gasteiger partial charge on any atom is 0.265 e. The van der Waals surface area contributed by atoms with Crippen molar-refractivity contribution in [1.29, 1.82) is 0 Å². The van der Waals surface area contributed by atoms with Gasteiger partial charge in [-0.05, 0) is 24.3 Å². The zero-order valence-corrected chi connectivity index (χ0v) is 11.7. The van der Waals surface area contributed by atoms with E-state index >= 15 is 0 Å². The standard InChI is InChI=1S/C15H12ClFN2O2/c16-12-5-3-6-13(8-12)19-15(20)10-21-18-9-11-4-1-2-7-14(11)17/h1-9H,10H2,(H,19,20)/b18-9-. The normalized spacial score (nSPS) is 10.6. The fourth-order valence-electron chi connectivity index (χ4n) is 1.53. The average molecular weight is 307 g/mol. The van der Waals surface area contributed by atoms with E-state index in [-0.39, 0.29) is 18.1 Å². The summed E-state index contributed by atoms with van der Waals surface area (Å²) in [5, 5.41) is 6.67. The molecule has 0 aliphatic heterocycles. The third-order valence-corrected chi connectivity index (χ3v) is 2.71. The number of oxime groups is 1. The number of amides is 1. The second-order valence-corrected chi connectivity index (χ2v) is 4.52. The van der Waals surface area contributed by atoms with Crippen LogP contribution < -0.4 is 5.32 Å². The van der Waals surface area contributed by atoms with Gasteiger partial charge in [0.25, 0.3) is 5.91 Å². The summed E-state index contributed by atoms with van der Waals surface area (Å²) in [5.41, 5.74) is 0.849. The molecule has 0 unspecified atom stereocenters. The highest BCUT2D eigenvalue weighted by Crippen LogP contribution is 2.14. The van der Waals surface area contributed by atoms with Crippen LogP contribution in [0.3, 0.4) is 0 Å². The Kier molecular flexibility index (Phi) is 5.29. The SMILES string of the molecule is O=C(CO/N=C\c1ccccc1F)Nc1cccc(Cl)c1. The molecule has 108 valence electrons. The fraction of sp³-hybridized carbons (Fsp3) is 0.0667. The number of nitrogens with one attached hydrogen (secondary N) is 1. The van der Waals surface area contributed by atoms with Gasteiger partial charge < -0.3 is 10.2 Å². The van der Waals surface area contributed by atoms with Gasteiger partial charge >= 0.3 is 0 Å². The van der Waals surface area contributed by atoms with E-state index in [2.05, 4.69) is 10.5 Å². The van der Waals surface area contributed by atoms with E-state index in [0.29, 0.717) is 10.7 Å². The van der Waals surface area contributed by atoms with Gasteiger partial charge in [-0.15, -0.1) is 0 Å². The number of hydrogen-bond donors (Lipinski definition) is 1. The molecular formula is C15H12ClFN2O2. The summed E-state index contributed by atoms with van der Waals surface area (Å²) in [7, 11) is 0. The first-order chi connectivity index (χ1) is 10.1. The summed E-state index contributed by atoms with van der Waals surface area (Å²) >= 11 is 5.80. The zero-order valence-electron chi connectivity index (χ0n) is 10.9. The van der Waals surface area contributed by atoms with Gasteiger partial charge in [-0.3, -0.25) is 4.79 Å². The molecule has 0 aliphatic rings. The second-order valence-electron chi connectivity index (χ2n) is 4.09. The van der Waals surface area contributed by atoms with Crippen molar-refractivity contribution in [3.05, 3.63) is 64.9 Å². The zero-order chi connectivity index (χ0) is 15.1. The molecule has 0 atom stereocenters. The van der Waals surface area contributed by atoms with E-state index in [9.17, 15) is 9.18 Å². The third-order valence-electron chi connectivity index (χ3n) is 2.48. The van der Waals surface area contributed by atoms with Crippen molar-refractivity contribution >= 4 is 29.4 Å². The van der Waals surface area contributed by atoms with Gasteiger partial charge in [-0.1, -0.05) is 41.0 Å². The van der Waals surface area contributed by atoms with Gasteiger partial charge in [0.15, 0.2) is 6.61 Å². The minimum atomic E-state index is -0.409. The van der Waals surface area contributed by atoms with E-state index in [4.69, 9.17) is 16.4 Å². The van der Waals surface area contributed by atoms with Crippen LogP contribution in [0.15, 0.2) is 53.7 Å². The van der Waals surface area contributed by atoms with Crippen LogP contribution in [0.2, 0.25) is 5.02 Å². The molecule has 21 heavy (non-hydrogen) atoms. The lowest BCUT2D eigenvalue weighted by Gasteiger charge is -2.04. The maximum absolute atomic E-state index is 13.3. The Labute approximate surface area is 126 Å². The molecule has 2 aromatic carbocycles. The van der Waals surface area contributed by atoms with Crippen molar-refractivity contribution in [2.45, 2.75) is 0 Å². The summed E-state index contributed by atoms with van der Waals surface area (Å²) in [5.74, 6) is -0.795. The molecular weight excluding hydrogens is 295 g/mol. The predicted octanol–water partition coefficient (Wildman–Crippen LogP) is 3.47. The van der Waals surface area contributed by atoms with Crippen LogP contribution in [0.4, 0.5) is 10.1 Å². The molecule has 4 nitrogen and oxygen atoms in total. The van der Waals surface area contributed by atoms with Crippen molar-refractivity contribution < 1.29 is 14.0 Å². The third kappa shape index (κ3) is 4.89. The summed E-state index contributed by atoms with van der Waals surface area (Å²) in [6.45, 7) is -0.280. The molecule has 6 heteroatoms. The van der Waals surface area contributed by atoms with Crippen LogP contribution in [0.25, 0.3) is 0 Å². The number of anilines is 1.